The maximum absolute atomic E-state index is 12.7. The fourth-order valence-electron chi connectivity index (χ4n) is 3.15. The molecule has 0 radical (unpaired) electrons. The van der Waals surface area contributed by atoms with E-state index in [0.717, 1.165) is 0 Å². The normalized spacial score (nSPS) is 33.2. The number of hydrogen-bond donors (Lipinski definition) is 0. The van der Waals surface area contributed by atoms with Crippen molar-refractivity contribution in [3.8, 4) is 0 Å². The second-order valence-electron chi connectivity index (χ2n) is 6.46. The fraction of sp³-hybridized carbons (Fsp3) is 0.600. The van der Waals surface area contributed by atoms with Crippen LogP contribution in [0.2, 0.25) is 0 Å². The lowest BCUT2D eigenvalue weighted by Gasteiger charge is -2.31. The topological polar surface area (TPSA) is 20.3 Å². The molecule has 4 rings (SSSR count). The molecule has 98 valence electrons. The molecule has 1 aliphatic carbocycles. The zero-order chi connectivity index (χ0) is 12.9. The molecule has 3 fully saturated rings. The second-order valence-corrected chi connectivity index (χ2v) is 8.61. The molecule has 0 unspecified atom stereocenters. The van der Waals surface area contributed by atoms with Crippen LogP contribution in [0.4, 0.5) is 0 Å². The van der Waals surface area contributed by atoms with Gasteiger partial charge >= 0.3 is 0 Å². The monoisotopic (exact) mass is 263 g/mol. The summed E-state index contributed by atoms with van der Waals surface area (Å²) >= 11 is 0. The van der Waals surface area contributed by atoms with Gasteiger partial charge in [-0.15, -0.1) is 0 Å². The van der Waals surface area contributed by atoms with Gasteiger partial charge in [-0.3, -0.25) is 0 Å². The van der Waals surface area contributed by atoms with Crippen molar-refractivity contribution in [2.24, 2.45) is 5.92 Å². The zero-order valence-electron chi connectivity index (χ0n) is 11.3. The molecule has 0 amide bonds. The predicted molar refractivity (Wildman–Crippen MR) is 75.4 cm³/mol. The fourth-order valence-corrected chi connectivity index (χ4v) is 4.73. The van der Waals surface area contributed by atoms with Crippen molar-refractivity contribution in [1.82, 2.24) is 4.31 Å². The summed E-state index contributed by atoms with van der Waals surface area (Å²) in [5.41, 5.74) is 1.33. The molecule has 2 saturated heterocycles. The third-order valence-corrected chi connectivity index (χ3v) is 6.04. The van der Waals surface area contributed by atoms with Gasteiger partial charge in [0, 0.05) is 6.04 Å². The van der Waals surface area contributed by atoms with Gasteiger partial charge in [0.15, 0.2) is 0 Å². The van der Waals surface area contributed by atoms with Gasteiger partial charge in [-0.2, -0.15) is 0 Å². The standard InChI is InChI=1S/C15H21NOS/c1-15(2,3)18(17)16-13-9-12(10-13)14(16)11-7-5-4-6-8-11/h4-8,12-14H,9-10H2,1-3H3/t12?,13?,14-,18-/m0/s1. The third kappa shape index (κ3) is 1.84. The van der Waals surface area contributed by atoms with Crippen molar-refractivity contribution in [3.05, 3.63) is 35.9 Å². The van der Waals surface area contributed by atoms with E-state index < -0.39 is 11.0 Å². The Hall–Kier alpha value is -0.670. The molecule has 2 heterocycles. The summed E-state index contributed by atoms with van der Waals surface area (Å²) < 4.78 is 14.8. The minimum absolute atomic E-state index is 0.162. The molecule has 1 aromatic carbocycles. The summed E-state index contributed by atoms with van der Waals surface area (Å²) in [4.78, 5) is 0. The van der Waals surface area contributed by atoms with E-state index in [1.54, 1.807) is 0 Å². The number of fused-ring (bicyclic) bond motifs is 1. The Bertz CT molecular complexity index is 459. The van der Waals surface area contributed by atoms with Crippen LogP contribution in [-0.2, 0) is 11.0 Å². The Morgan fingerprint density at radius 2 is 1.78 bits per heavy atom. The van der Waals surface area contributed by atoms with E-state index >= 15 is 0 Å². The van der Waals surface area contributed by atoms with E-state index in [2.05, 4.69) is 49.3 Å². The first-order valence-electron chi connectivity index (χ1n) is 6.74. The van der Waals surface area contributed by atoms with Gasteiger partial charge in [-0.05, 0) is 45.1 Å². The summed E-state index contributed by atoms with van der Waals surface area (Å²) in [7, 11) is -0.898. The van der Waals surface area contributed by atoms with Crippen LogP contribution in [0.15, 0.2) is 30.3 Å². The summed E-state index contributed by atoms with van der Waals surface area (Å²) in [6, 6.07) is 11.5. The smallest absolute Gasteiger partial charge is 0.101 e. The maximum Gasteiger partial charge on any atom is 0.101 e. The van der Waals surface area contributed by atoms with Crippen molar-refractivity contribution in [2.75, 3.05) is 0 Å². The highest BCUT2D eigenvalue weighted by molar-refractivity contribution is 7.84. The molecule has 0 N–H and O–H groups in total. The van der Waals surface area contributed by atoms with Crippen LogP contribution in [0, 0.1) is 5.92 Å². The van der Waals surface area contributed by atoms with Crippen LogP contribution in [0.5, 0.6) is 0 Å². The van der Waals surface area contributed by atoms with E-state index in [4.69, 9.17) is 0 Å². The lowest BCUT2D eigenvalue weighted by Crippen LogP contribution is -2.40. The van der Waals surface area contributed by atoms with Crippen molar-refractivity contribution in [2.45, 2.75) is 50.4 Å². The Labute approximate surface area is 112 Å². The van der Waals surface area contributed by atoms with E-state index in [9.17, 15) is 4.21 Å². The lowest BCUT2D eigenvalue weighted by molar-refractivity contribution is 0.331. The largest absolute Gasteiger partial charge is 0.242 e. The zero-order valence-corrected chi connectivity index (χ0v) is 12.1. The SMILES string of the molecule is CC(C)(C)[S@](=O)N1C2CC(C2)[C@@H]1c1ccccc1. The summed E-state index contributed by atoms with van der Waals surface area (Å²) in [6.45, 7) is 6.21. The maximum atomic E-state index is 12.7. The molecule has 2 nitrogen and oxygen atoms in total. The molecule has 1 aromatic rings. The van der Waals surface area contributed by atoms with Gasteiger partial charge in [0.1, 0.15) is 11.0 Å². The van der Waals surface area contributed by atoms with Gasteiger partial charge in [0.05, 0.1) is 10.8 Å². The van der Waals surface area contributed by atoms with Crippen LogP contribution in [0.25, 0.3) is 0 Å². The lowest BCUT2D eigenvalue weighted by atomic mass is 9.81. The highest BCUT2D eigenvalue weighted by atomic mass is 32.2. The predicted octanol–water partition coefficient (Wildman–Crippen LogP) is 3.28. The first-order chi connectivity index (χ1) is 8.48. The first-order valence-corrected chi connectivity index (χ1v) is 7.84. The number of rotatable bonds is 2. The molecule has 3 heteroatoms. The van der Waals surface area contributed by atoms with Crippen molar-refractivity contribution >= 4 is 11.0 Å². The van der Waals surface area contributed by atoms with Gasteiger partial charge in [-0.1, -0.05) is 30.3 Å². The highest BCUT2D eigenvalue weighted by Crippen LogP contribution is 2.55. The highest BCUT2D eigenvalue weighted by Gasteiger charge is 2.54. The van der Waals surface area contributed by atoms with E-state index in [1.807, 2.05) is 6.07 Å². The van der Waals surface area contributed by atoms with Crippen LogP contribution in [0.3, 0.4) is 0 Å². The third-order valence-electron chi connectivity index (χ3n) is 4.09. The molecule has 0 spiro atoms. The summed E-state index contributed by atoms with van der Waals surface area (Å²) in [5, 5.41) is 0. The summed E-state index contributed by atoms with van der Waals surface area (Å²) in [6.07, 6.45) is 2.45. The molecule has 2 aliphatic heterocycles. The molecule has 3 aliphatic rings. The van der Waals surface area contributed by atoms with Gasteiger partial charge in [0.2, 0.25) is 0 Å². The molecular formula is C15H21NOS. The molecule has 1 saturated carbocycles. The number of nitrogens with zero attached hydrogens (tertiary/aromatic N) is 1. The Kier molecular flexibility index (Phi) is 2.87. The molecule has 18 heavy (non-hydrogen) atoms. The second kappa shape index (κ2) is 4.17. The van der Waals surface area contributed by atoms with Gasteiger partial charge < -0.3 is 0 Å². The average Bonchev–Trinajstić information content (AvgIpc) is 2.81. The minimum atomic E-state index is -0.898. The number of benzene rings is 1. The number of hydrogen-bond acceptors (Lipinski definition) is 1. The molecule has 0 aromatic heterocycles. The molecular weight excluding hydrogens is 242 g/mol. The Morgan fingerprint density at radius 1 is 1.17 bits per heavy atom. The molecule has 2 bridgehead atoms. The van der Waals surface area contributed by atoms with Crippen LogP contribution in [0.1, 0.15) is 45.2 Å². The van der Waals surface area contributed by atoms with Gasteiger partial charge in [-0.25, -0.2) is 8.51 Å². The van der Waals surface area contributed by atoms with Crippen LogP contribution < -0.4 is 0 Å². The molecule has 2 atom stereocenters. The van der Waals surface area contributed by atoms with Crippen LogP contribution >= 0.6 is 0 Å². The van der Waals surface area contributed by atoms with Gasteiger partial charge in [0.25, 0.3) is 0 Å². The van der Waals surface area contributed by atoms with Crippen molar-refractivity contribution < 1.29 is 4.21 Å². The Balaban J connectivity index is 1.93. The summed E-state index contributed by atoms with van der Waals surface area (Å²) in [5.74, 6) is 0.712. The average molecular weight is 263 g/mol. The van der Waals surface area contributed by atoms with E-state index in [0.29, 0.717) is 18.0 Å². The van der Waals surface area contributed by atoms with Crippen molar-refractivity contribution in [1.29, 1.82) is 0 Å². The van der Waals surface area contributed by atoms with Crippen molar-refractivity contribution in [3.63, 3.8) is 0 Å². The Morgan fingerprint density at radius 3 is 2.33 bits per heavy atom. The van der Waals surface area contributed by atoms with Crippen LogP contribution in [-0.4, -0.2) is 19.3 Å². The minimum Gasteiger partial charge on any atom is -0.242 e. The quantitative estimate of drug-likeness (QED) is 0.802. The van der Waals surface area contributed by atoms with E-state index in [1.165, 1.54) is 18.4 Å². The first kappa shape index (κ1) is 12.4. The van der Waals surface area contributed by atoms with E-state index in [-0.39, 0.29) is 4.75 Å².